The SMILES string of the molecule is O=C(O)C1CCN(c2ccc([N+](=O)[O-])cc2Cl)CC1. The van der Waals surface area contributed by atoms with E-state index in [4.69, 9.17) is 16.7 Å². The number of aliphatic carboxylic acids is 1. The van der Waals surface area contributed by atoms with Crippen molar-refractivity contribution in [1.29, 1.82) is 0 Å². The van der Waals surface area contributed by atoms with Gasteiger partial charge < -0.3 is 10.0 Å². The summed E-state index contributed by atoms with van der Waals surface area (Å²) in [4.78, 5) is 23.0. The van der Waals surface area contributed by atoms with Crippen molar-refractivity contribution in [2.45, 2.75) is 12.8 Å². The van der Waals surface area contributed by atoms with Crippen LogP contribution in [0.15, 0.2) is 18.2 Å². The van der Waals surface area contributed by atoms with Crippen LogP contribution in [0.25, 0.3) is 0 Å². The van der Waals surface area contributed by atoms with Gasteiger partial charge in [-0.25, -0.2) is 0 Å². The second-order valence-electron chi connectivity index (χ2n) is 4.49. The maximum Gasteiger partial charge on any atom is 0.306 e. The first-order valence-corrected chi connectivity index (χ1v) is 6.28. The third-order valence-corrected chi connectivity index (χ3v) is 3.63. The Labute approximate surface area is 114 Å². The maximum absolute atomic E-state index is 10.9. The number of nitro benzene ring substituents is 1. The first-order valence-electron chi connectivity index (χ1n) is 5.90. The minimum atomic E-state index is -0.769. The third kappa shape index (κ3) is 2.96. The number of benzene rings is 1. The molecule has 0 aliphatic carbocycles. The molecule has 0 bridgehead atoms. The van der Waals surface area contributed by atoms with Gasteiger partial charge in [0.05, 0.1) is 21.6 Å². The van der Waals surface area contributed by atoms with Crippen molar-refractivity contribution < 1.29 is 14.8 Å². The summed E-state index contributed by atoms with van der Waals surface area (Å²) in [6.07, 6.45) is 1.12. The Morgan fingerprint density at radius 3 is 2.53 bits per heavy atom. The lowest BCUT2D eigenvalue weighted by Crippen LogP contribution is -2.36. The molecule has 1 N–H and O–H groups in total. The molecular formula is C12H13ClN2O4. The number of anilines is 1. The van der Waals surface area contributed by atoms with Gasteiger partial charge in [-0.1, -0.05) is 11.6 Å². The molecule has 0 aromatic heterocycles. The summed E-state index contributed by atoms with van der Waals surface area (Å²) < 4.78 is 0. The Kier molecular flexibility index (Phi) is 3.90. The van der Waals surface area contributed by atoms with Crippen molar-refractivity contribution in [2.75, 3.05) is 18.0 Å². The first-order chi connectivity index (χ1) is 8.99. The van der Waals surface area contributed by atoms with Crippen molar-refractivity contribution in [1.82, 2.24) is 0 Å². The Morgan fingerprint density at radius 2 is 2.05 bits per heavy atom. The average molecular weight is 285 g/mol. The number of carboxylic acids is 1. The average Bonchev–Trinajstić information content (AvgIpc) is 2.38. The Hall–Kier alpha value is -1.82. The molecule has 1 aliphatic rings. The number of halogens is 1. The lowest BCUT2D eigenvalue weighted by molar-refractivity contribution is -0.384. The fourth-order valence-electron chi connectivity index (χ4n) is 2.23. The van der Waals surface area contributed by atoms with E-state index in [2.05, 4.69) is 0 Å². The summed E-state index contributed by atoms with van der Waals surface area (Å²) >= 11 is 6.04. The van der Waals surface area contributed by atoms with Crippen LogP contribution in [0.4, 0.5) is 11.4 Å². The molecule has 1 aliphatic heterocycles. The minimum Gasteiger partial charge on any atom is -0.481 e. The number of piperidine rings is 1. The fraction of sp³-hybridized carbons (Fsp3) is 0.417. The van der Waals surface area contributed by atoms with E-state index in [9.17, 15) is 14.9 Å². The summed E-state index contributed by atoms with van der Waals surface area (Å²) in [5.74, 6) is -1.08. The monoisotopic (exact) mass is 284 g/mol. The van der Waals surface area contributed by atoms with Crippen LogP contribution in [-0.4, -0.2) is 29.1 Å². The molecule has 2 rings (SSSR count). The number of hydrogen-bond acceptors (Lipinski definition) is 4. The summed E-state index contributed by atoms with van der Waals surface area (Å²) in [5.41, 5.74) is 0.672. The lowest BCUT2D eigenvalue weighted by atomic mass is 9.97. The number of nitrogens with zero attached hydrogens (tertiary/aromatic N) is 2. The molecule has 102 valence electrons. The molecule has 19 heavy (non-hydrogen) atoms. The summed E-state index contributed by atoms with van der Waals surface area (Å²) in [7, 11) is 0. The van der Waals surface area contributed by atoms with E-state index in [0.29, 0.717) is 31.0 Å². The second-order valence-corrected chi connectivity index (χ2v) is 4.90. The third-order valence-electron chi connectivity index (χ3n) is 3.33. The van der Waals surface area contributed by atoms with Gasteiger partial charge in [-0.3, -0.25) is 14.9 Å². The molecule has 0 radical (unpaired) electrons. The van der Waals surface area contributed by atoms with E-state index < -0.39 is 10.9 Å². The molecule has 7 heteroatoms. The number of non-ortho nitro benzene ring substituents is 1. The smallest absolute Gasteiger partial charge is 0.306 e. The van der Waals surface area contributed by atoms with Gasteiger partial charge in [-0.2, -0.15) is 0 Å². The van der Waals surface area contributed by atoms with Crippen LogP contribution in [-0.2, 0) is 4.79 Å². The number of carbonyl (C=O) groups is 1. The Bertz CT molecular complexity index is 512. The van der Waals surface area contributed by atoms with Crippen molar-refractivity contribution in [2.24, 2.45) is 5.92 Å². The highest BCUT2D eigenvalue weighted by Gasteiger charge is 2.25. The van der Waals surface area contributed by atoms with Gasteiger partial charge in [-0.15, -0.1) is 0 Å². The highest BCUT2D eigenvalue weighted by Crippen LogP contribution is 2.32. The molecular weight excluding hydrogens is 272 g/mol. The highest BCUT2D eigenvalue weighted by atomic mass is 35.5. The minimum absolute atomic E-state index is 0.0471. The van der Waals surface area contributed by atoms with Crippen LogP contribution in [0.2, 0.25) is 5.02 Å². The van der Waals surface area contributed by atoms with Crippen LogP contribution < -0.4 is 4.90 Å². The predicted molar refractivity (Wildman–Crippen MR) is 70.7 cm³/mol. The molecule has 1 saturated heterocycles. The quantitative estimate of drug-likeness (QED) is 0.681. The second kappa shape index (κ2) is 5.44. The standard InChI is InChI=1S/C12H13ClN2O4/c13-10-7-9(15(18)19)1-2-11(10)14-5-3-8(4-6-14)12(16)17/h1-2,7-8H,3-6H2,(H,16,17). The van der Waals surface area contributed by atoms with Crippen LogP contribution in [0.1, 0.15) is 12.8 Å². The van der Waals surface area contributed by atoms with Crippen LogP contribution >= 0.6 is 11.6 Å². The number of hydrogen-bond donors (Lipinski definition) is 1. The molecule has 0 spiro atoms. The molecule has 6 nitrogen and oxygen atoms in total. The Balaban J connectivity index is 2.11. The largest absolute Gasteiger partial charge is 0.481 e. The van der Waals surface area contributed by atoms with E-state index in [0.717, 1.165) is 5.69 Å². The number of carboxylic acid groups (broad SMARTS) is 1. The van der Waals surface area contributed by atoms with Crippen molar-refractivity contribution in [3.05, 3.63) is 33.3 Å². The molecule has 0 atom stereocenters. The molecule has 0 saturated carbocycles. The van der Waals surface area contributed by atoms with Gasteiger partial charge in [0.25, 0.3) is 5.69 Å². The van der Waals surface area contributed by atoms with Gasteiger partial charge in [0.1, 0.15) is 0 Å². The lowest BCUT2D eigenvalue weighted by Gasteiger charge is -2.32. The summed E-state index contributed by atoms with van der Waals surface area (Å²) in [6.45, 7) is 1.18. The number of rotatable bonds is 3. The molecule has 0 unspecified atom stereocenters. The normalized spacial score (nSPS) is 16.4. The van der Waals surface area contributed by atoms with E-state index in [1.807, 2.05) is 4.90 Å². The van der Waals surface area contributed by atoms with E-state index >= 15 is 0 Å². The zero-order valence-electron chi connectivity index (χ0n) is 10.1. The molecule has 1 heterocycles. The molecule has 0 amide bonds. The molecule has 1 fully saturated rings. The van der Waals surface area contributed by atoms with E-state index in [1.54, 1.807) is 6.07 Å². The van der Waals surface area contributed by atoms with Gasteiger partial charge in [-0.05, 0) is 18.9 Å². The molecule has 1 aromatic rings. The van der Waals surface area contributed by atoms with Crippen molar-refractivity contribution in [3.63, 3.8) is 0 Å². The number of nitro groups is 1. The summed E-state index contributed by atoms with van der Waals surface area (Å²) in [5, 5.41) is 19.9. The fourth-order valence-corrected chi connectivity index (χ4v) is 2.53. The van der Waals surface area contributed by atoms with Crippen LogP contribution in [0.5, 0.6) is 0 Å². The predicted octanol–water partition coefficient (Wildman–Crippen LogP) is 2.55. The Morgan fingerprint density at radius 1 is 1.42 bits per heavy atom. The van der Waals surface area contributed by atoms with Crippen molar-refractivity contribution >= 4 is 28.9 Å². The van der Waals surface area contributed by atoms with Gasteiger partial charge in [0.2, 0.25) is 0 Å². The van der Waals surface area contributed by atoms with E-state index in [1.165, 1.54) is 12.1 Å². The summed E-state index contributed by atoms with van der Waals surface area (Å²) in [6, 6.07) is 4.34. The van der Waals surface area contributed by atoms with Gasteiger partial charge in [0, 0.05) is 25.2 Å². The maximum atomic E-state index is 10.9. The first kappa shape index (κ1) is 13.6. The van der Waals surface area contributed by atoms with Crippen LogP contribution in [0.3, 0.4) is 0 Å². The highest BCUT2D eigenvalue weighted by molar-refractivity contribution is 6.33. The zero-order chi connectivity index (χ0) is 14.0. The molecule has 1 aromatic carbocycles. The van der Waals surface area contributed by atoms with Gasteiger partial charge in [0.15, 0.2) is 0 Å². The zero-order valence-corrected chi connectivity index (χ0v) is 10.8. The topological polar surface area (TPSA) is 83.7 Å². The van der Waals surface area contributed by atoms with Crippen molar-refractivity contribution in [3.8, 4) is 0 Å². The van der Waals surface area contributed by atoms with Gasteiger partial charge >= 0.3 is 5.97 Å². The van der Waals surface area contributed by atoms with Crippen LogP contribution in [0, 0.1) is 16.0 Å². The van der Waals surface area contributed by atoms with E-state index in [-0.39, 0.29) is 11.6 Å².